The number of phenols is 1. The van der Waals surface area contributed by atoms with Crippen LogP contribution in [0.1, 0.15) is 36.0 Å². The summed E-state index contributed by atoms with van der Waals surface area (Å²) in [5.74, 6) is 1.11. The Morgan fingerprint density at radius 1 is 1.38 bits per heavy atom. The van der Waals surface area contributed by atoms with Crippen LogP contribution in [-0.4, -0.2) is 30.0 Å². The van der Waals surface area contributed by atoms with E-state index < -0.39 is 0 Å². The summed E-state index contributed by atoms with van der Waals surface area (Å²) in [6.45, 7) is 0.658. The molecular weight excluding hydrogens is 334 g/mol. The number of nitrogens with one attached hydrogen (secondary N) is 1. The Morgan fingerprint density at radius 2 is 2.10 bits per heavy atom. The number of hydrogen-bond donors (Lipinski definition) is 2. The quantitative estimate of drug-likeness (QED) is 0.796. The summed E-state index contributed by atoms with van der Waals surface area (Å²) in [6.07, 6.45) is 4.88. The maximum atomic E-state index is 12.2. The van der Waals surface area contributed by atoms with Gasteiger partial charge in [-0.15, -0.1) is 0 Å². The maximum absolute atomic E-state index is 12.2. The van der Waals surface area contributed by atoms with Gasteiger partial charge in [-0.1, -0.05) is 34.8 Å². The lowest BCUT2D eigenvalue weighted by Gasteiger charge is -2.30. The number of hydrogen-bond acceptors (Lipinski definition) is 3. The zero-order valence-corrected chi connectivity index (χ0v) is 13.9. The first kappa shape index (κ1) is 16.1. The van der Waals surface area contributed by atoms with Gasteiger partial charge in [-0.2, -0.15) is 0 Å². The van der Waals surface area contributed by atoms with Crippen molar-refractivity contribution in [3.63, 3.8) is 0 Å². The number of phenolic OH excluding ortho intramolecular Hbond substituents is 1. The van der Waals surface area contributed by atoms with Crippen molar-refractivity contribution in [1.29, 1.82) is 0 Å². The van der Waals surface area contributed by atoms with Crippen LogP contribution in [0.5, 0.6) is 11.5 Å². The van der Waals surface area contributed by atoms with Crippen LogP contribution in [-0.2, 0) is 0 Å². The Bertz CT molecular complexity index is 492. The van der Waals surface area contributed by atoms with E-state index in [4.69, 9.17) is 4.74 Å². The molecule has 0 heterocycles. The monoisotopic (exact) mass is 355 g/mol. The largest absolute Gasteiger partial charge is 0.504 e. The number of methoxy groups -OCH3 is 1. The average molecular weight is 356 g/mol. The van der Waals surface area contributed by atoms with Gasteiger partial charge in [0.05, 0.1) is 12.7 Å². The van der Waals surface area contributed by atoms with Crippen molar-refractivity contribution in [2.75, 3.05) is 19.0 Å². The fourth-order valence-corrected chi connectivity index (χ4v) is 3.80. The Labute approximate surface area is 134 Å². The normalized spacial score (nSPS) is 21.8. The van der Waals surface area contributed by atoms with Crippen LogP contribution < -0.4 is 10.1 Å². The van der Waals surface area contributed by atoms with Crippen LogP contribution in [0.2, 0.25) is 0 Å². The molecule has 0 aliphatic heterocycles. The zero-order chi connectivity index (χ0) is 15.2. The first-order valence-corrected chi connectivity index (χ1v) is 8.49. The minimum absolute atomic E-state index is 0.0989. The molecule has 1 fully saturated rings. The third-order valence-electron chi connectivity index (χ3n) is 4.25. The molecule has 1 aliphatic rings. The molecule has 0 saturated heterocycles. The van der Waals surface area contributed by atoms with Crippen LogP contribution in [0.4, 0.5) is 0 Å². The summed E-state index contributed by atoms with van der Waals surface area (Å²) in [7, 11) is 1.47. The van der Waals surface area contributed by atoms with E-state index in [1.165, 1.54) is 26.4 Å². The smallest absolute Gasteiger partial charge is 0.255 e. The number of alkyl halides is 1. The molecule has 5 heteroatoms. The lowest BCUT2D eigenvalue weighted by Crippen LogP contribution is -2.34. The predicted molar refractivity (Wildman–Crippen MR) is 86.2 cm³/mol. The predicted octanol–water partition coefficient (Wildman–Crippen LogP) is 3.33. The van der Waals surface area contributed by atoms with E-state index in [0.717, 1.165) is 11.8 Å². The summed E-state index contributed by atoms with van der Waals surface area (Å²) in [5, 5.41) is 13.9. The van der Waals surface area contributed by atoms with Crippen LogP contribution in [0, 0.1) is 11.8 Å². The van der Waals surface area contributed by atoms with Crippen LogP contribution >= 0.6 is 15.9 Å². The summed E-state index contributed by atoms with van der Waals surface area (Å²) in [6, 6.07) is 4.94. The minimum Gasteiger partial charge on any atom is -0.504 e. The highest BCUT2D eigenvalue weighted by molar-refractivity contribution is 9.09. The molecule has 4 nitrogen and oxygen atoms in total. The zero-order valence-electron chi connectivity index (χ0n) is 12.3. The first-order chi connectivity index (χ1) is 10.2. The van der Waals surface area contributed by atoms with Crippen molar-refractivity contribution in [3.8, 4) is 11.5 Å². The summed E-state index contributed by atoms with van der Waals surface area (Å²) in [5.41, 5.74) is 0.264. The van der Waals surface area contributed by atoms with Gasteiger partial charge in [0.1, 0.15) is 0 Å². The van der Waals surface area contributed by atoms with Crippen molar-refractivity contribution in [2.45, 2.75) is 25.7 Å². The molecule has 1 aromatic rings. The van der Waals surface area contributed by atoms with Crippen LogP contribution in [0.25, 0.3) is 0 Å². The molecule has 2 atom stereocenters. The fourth-order valence-electron chi connectivity index (χ4n) is 2.95. The molecular formula is C16H22BrNO3. The summed E-state index contributed by atoms with van der Waals surface area (Å²) >= 11 is 3.56. The Balaban J connectivity index is 1.98. The highest BCUT2D eigenvalue weighted by Gasteiger charge is 2.25. The van der Waals surface area contributed by atoms with Gasteiger partial charge in [-0.3, -0.25) is 4.79 Å². The Hall–Kier alpha value is -1.23. The standard InChI is InChI=1S/C16H22BrNO3/c1-21-14-8-4-7-13(15(14)19)16(20)18-10-12-6-3-2-5-11(12)9-17/h4,7-8,11-12,19H,2-3,5-6,9-10H2,1H3,(H,18,20). The highest BCUT2D eigenvalue weighted by Crippen LogP contribution is 2.32. The molecule has 116 valence electrons. The van der Waals surface area contributed by atoms with E-state index >= 15 is 0 Å². The van der Waals surface area contributed by atoms with Crippen molar-refractivity contribution in [1.82, 2.24) is 5.32 Å². The van der Waals surface area contributed by atoms with E-state index in [1.54, 1.807) is 18.2 Å². The number of carbonyl (C=O) groups is 1. The van der Waals surface area contributed by atoms with Crippen molar-refractivity contribution in [2.24, 2.45) is 11.8 Å². The van der Waals surface area contributed by atoms with Gasteiger partial charge in [0.15, 0.2) is 11.5 Å². The van der Waals surface area contributed by atoms with Gasteiger partial charge in [-0.25, -0.2) is 0 Å². The first-order valence-electron chi connectivity index (χ1n) is 7.37. The topological polar surface area (TPSA) is 58.6 Å². The number of amides is 1. The second-order valence-corrected chi connectivity index (χ2v) is 6.17. The SMILES string of the molecule is COc1cccc(C(=O)NCC2CCCCC2CBr)c1O. The van der Waals surface area contributed by atoms with Gasteiger partial charge in [0.2, 0.25) is 0 Å². The van der Waals surface area contributed by atoms with Gasteiger partial charge < -0.3 is 15.2 Å². The Kier molecular flexibility index (Phi) is 5.91. The molecule has 2 rings (SSSR count). The van der Waals surface area contributed by atoms with Gasteiger partial charge >= 0.3 is 0 Å². The third-order valence-corrected chi connectivity index (χ3v) is 5.08. The highest BCUT2D eigenvalue weighted by atomic mass is 79.9. The van der Waals surface area contributed by atoms with E-state index in [2.05, 4.69) is 21.2 Å². The van der Waals surface area contributed by atoms with E-state index in [9.17, 15) is 9.90 Å². The molecule has 1 saturated carbocycles. The molecule has 2 unspecified atom stereocenters. The number of carbonyl (C=O) groups excluding carboxylic acids is 1. The molecule has 0 bridgehead atoms. The molecule has 1 aromatic carbocycles. The second kappa shape index (κ2) is 7.69. The Morgan fingerprint density at radius 3 is 2.76 bits per heavy atom. The molecule has 0 spiro atoms. The molecule has 1 amide bonds. The number of rotatable bonds is 5. The third kappa shape index (κ3) is 3.90. The maximum Gasteiger partial charge on any atom is 0.255 e. The van der Waals surface area contributed by atoms with E-state index in [0.29, 0.717) is 24.1 Å². The van der Waals surface area contributed by atoms with Crippen LogP contribution in [0.3, 0.4) is 0 Å². The van der Waals surface area contributed by atoms with Crippen molar-refractivity contribution >= 4 is 21.8 Å². The number of ether oxygens (including phenoxy) is 1. The number of para-hydroxylation sites is 1. The molecule has 0 aromatic heterocycles. The number of benzene rings is 1. The average Bonchev–Trinajstić information content (AvgIpc) is 2.53. The molecule has 1 aliphatic carbocycles. The summed E-state index contributed by atoms with van der Waals surface area (Å²) < 4.78 is 5.03. The van der Waals surface area contributed by atoms with Gasteiger partial charge in [0.25, 0.3) is 5.91 Å². The number of aromatic hydroxyl groups is 1. The van der Waals surface area contributed by atoms with E-state index in [1.807, 2.05) is 0 Å². The number of halogens is 1. The lowest BCUT2D eigenvalue weighted by atomic mass is 9.80. The fraction of sp³-hybridized carbons (Fsp3) is 0.562. The van der Waals surface area contributed by atoms with Crippen LogP contribution in [0.15, 0.2) is 18.2 Å². The molecule has 2 N–H and O–H groups in total. The minimum atomic E-state index is -0.245. The summed E-state index contributed by atoms with van der Waals surface area (Å²) in [4.78, 5) is 12.2. The molecule has 0 radical (unpaired) electrons. The van der Waals surface area contributed by atoms with Gasteiger partial charge in [-0.05, 0) is 36.8 Å². The second-order valence-electron chi connectivity index (χ2n) is 5.53. The molecule has 21 heavy (non-hydrogen) atoms. The van der Waals surface area contributed by atoms with Crippen molar-refractivity contribution in [3.05, 3.63) is 23.8 Å². The van der Waals surface area contributed by atoms with Crippen molar-refractivity contribution < 1.29 is 14.6 Å². The van der Waals surface area contributed by atoms with Gasteiger partial charge in [0, 0.05) is 11.9 Å². The lowest BCUT2D eigenvalue weighted by molar-refractivity contribution is 0.0933. The van der Waals surface area contributed by atoms with E-state index in [-0.39, 0.29) is 17.2 Å².